The molecule has 2 aromatic heterocycles. The quantitative estimate of drug-likeness (QED) is 0.624. The molecule has 0 bridgehead atoms. The van der Waals surface area contributed by atoms with E-state index in [2.05, 4.69) is 21.4 Å². The normalized spacial score (nSPS) is 17.1. The monoisotopic (exact) mass is 393 g/mol. The Hall–Kier alpha value is -2.77. The predicted octanol–water partition coefficient (Wildman–Crippen LogP) is 2.33. The van der Waals surface area contributed by atoms with Gasteiger partial charge in [-0.25, -0.2) is 0 Å². The second-order valence-corrected chi connectivity index (χ2v) is 7.53. The van der Waals surface area contributed by atoms with E-state index < -0.39 is 0 Å². The van der Waals surface area contributed by atoms with Gasteiger partial charge in [0.25, 0.3) is 5.91 Å². The lowest BCUT2D eigenvalue weighted by Gasteiger charge is -2.17. The SMILES string of the molecule is COCCNC(=O)c1cc([C@@H]2CCN(Cc3ccnn3C)C2)nc2ccccc12. The Balaban J connectivity index is 1.56. The number of carbonyl (C=O) groups excluding carboxylic acids is 1. The topological polar surface area (TPSA) is 72.3 Å². The van der Waals surface area contributed by atoms with Crippen LogP contribution in [0.4, 0.5) is 0 Å². The molecule has 29 heavy (non-hydrogen) atoms. The number of para-hydroxylation sites is 1. The van der Waals surface area contributed by atoms with E-state index in [-0.39, 0.29) is 5.91 Å². The molecular weight excluding hydrogens is 366 g/mol. The number of methoxy groups -OCH3 is 1. The molecule has 1 amide bonds. The van der Waals surface area contributed by atoms with E-state index in [1.807, 2.05) is 48.3 Å². The van der Waals surface area contributed by atoms with Gasteiger partial charge in [0, 0.05) is 57.0 Å². The first-order chi connectivity index (χ1) is 14.2. The number of likely N-dealkylation sites (tertiary alicyclic amines) is 1. The second-order valence-electron chi connectivity index (χ2n) is 7.53. The fourth-order valence-electron chi connectivity index (χ4n) is 3.96. The van der Waals surface area contributed by atoms with Gasteiger partial charge in [-0.1, -0.05) is 18.2 Å². The summed E-state index contributed by atoms with van der Waals surface area (Å²) in [6.07, 6.45) is 2.87. The van der Waals surface area contributed by atoms with Crippen LogP contribution in [0.3, 0.4) is 0 Å². The largest absolute Gasteiger partial charge is 0.383 e. The van der Waals surface area contributed by atoms with Gasteiger partial charge in [-0.3, -0.25) is 19.4 Å². The highest BCUT2D eigenvalue weighted by Gasteiger charge is 2.27. The smallest absolute Gasteiger partial charge is 0.252 e. The molecule has 1 aliphatic rings. The van der Waals surface area contributed by atoms with Gasteiger partial charge in [0.2, 0.25) is 0 Å². The van der Waals surface area contributed by atoms with E-state index in [1.165, 1.54) is 5.69 Å². The molecule has 1 N–H and O–H groups in total. The van der Waals surface area contributed by atoms with E-state index >= 15 is 0 Å². The Morgan fingerprint density at radius 1 is 1.31 bits per heavy atom. The van der Waals surface area contributed by atoms with Gasteiger partial charge < -0.3 is 10.1 Å². The highest BCUT2D eigenvalue weighted by atomic mass is 16.5. The Morgan fingerprint density at radius 3 is 2.97 bits per heavy atom. The summed E-state index contributed by atoms with van der Waals surface area (Å²) in [5.41, 5.74) is 3.75. The Labute approximate surface area is 170 Å². The van der Waals surface area contributed by atoms with Crippen molar-refractivity contribution in [2.75, 3.05) is 33.4 Å². The zero-order valence-electron chi connectivity index (χ0n) is 17.0. The number of carbonyl (C=O) groups is 1. The first-order valence-corrected chi connectivity index (χ1v) is 10.0. The van der Waals surface area contributed by atoms with Gasteiger partial charge in [-0.05, 0) is 31.2 Å². The van der Waals surface area contributed by atoms with E-state index in [1.54, 1.807) is 7.11 Å². The van der Waals surface area contributed by atoms with Crippen LogP contribution in [0.1, 0.15) is 34.1 Å². The van der Waals surface area contributed by atoms with Crippen LogP contribution in [0.2, 0.25) is 0 Å². The maximum atomic E-state index is 12.8. The molecule has 0 radical (unpaired) electrons. The van der Waals surface area contributed by atoms with Crippen molar-refractivity contribution in [2.45, 2.75) is 18.9 Å². The van der Waals surface area contributed by atoms with Crippen molar-refractivity contribution >= 4 is 16.8 Å². The maximum absolute atomic E-state index is 12.8. The summed E-state index contributed by atoms with van der Waals surface area (Å²) in [5.74, 6) is 0.241. The minimum Gasteiger partial charge on any atom is -0.383 e. The minimum atomic E-state index is -0.0772. The Morgan fingerprint density at radius 2 is 2.17 bits per heavy atom. The van der Waals surface area contributed by atoms with Gasteiger partial charge >= 0.3 is 0 Å². The number of hydrogen-bond acceptors (Lipinski definition) is 5. The number of hydrogen-bond donors (Lipinski definition) is 1. The van der Waals surface area contributed by atoms with Crippen molar-refractivity contribution in [3.63, 3.8) is 0 Å². The molecule has 152 valence electrons. The fraction of sp³-hybridized carbons (Fsp3) is 0.409. The maximum Gasteiger partial charge on any atom is 0.252 e. The van der Waals surface area contributed by atoms with Gasteiger partial charge in [0.1, 0.15) is 0 Å². The third-order valence-corrected chi connectivity index (χ3v) is 5.57. The van der Waals surface area contributed by atoms with Gasteiger partial charge in [-0.2, -0.15) is 5.10 Å². The summed E-state index contributed by atoms with van der Waals surface area (Å²) in [7, 11) is 3.60. The molecule has 0 unspecified atom stereocenters. The molecule has 4 rings (SSSR count). The van der Waals surface area contributed by atoms with E-state index in [0.717, 1.165) is 42.7 Å². The van der Waals surface area contributed by atoms with Crippen LogP contribution in [0, 0.1) is 0 Å². The summed E-state index contributed by atoms with van der Waals surface area (Å²) in [6, 6.07) is 11.9. The molecule has 1 saturated heterocycles. The van der Waals surface area contributed by atoms with Crippen LogP contribution in [0.15, 0.2) is 42.6 Å². The highest BCUT2D eigenvalue weighted by Crippen LogP contribution is 2.30. The Bertz CT molecular complexity index is 1000. The lowest BCUT2D eigenvalue weighted by atomic mass is 9.99. The first kappa shape index (κ1) is 19.5. The van der Waals surface area contributed by atoms with Crippen LogP contribution >= 0.6 is 0 Å². The van der Waals surface area contributed by atoms with E-state index in [0.29, 0.717) is 24.6 Å². The standard InChI is InChI=1S/C22H27N5O2/c1-26-17(7-9-24-26)15-27-11-8-16(14-27)21-13-19(22(28)23-10-12-29-2)18-5-3-4-6-20(18)25-21/h3-7,9,13,16H,8,10-12,14-15H2,1-2H3,(H,23,28)/t16-/m1/s1. The number of nitrogens with zero attached hydrogens (tertiary/aromatic N) is 4. The number of aromatic nitrogens is 3. The number of rotatable bonds is 7. The lowest BCUT2D eigenvalue weighted by molar-refractivity contribution is 0.0938. The molecule has 0 aliphatic carbocycles. The Kier molecular flexibility index (Phi) is 5.87. The number of nitrogens with one attached hydrogen (secondary N) is 1. The number of fused-ring (bicyclic) bond motifs is 1. The highest BCUT2D eigenvalue weighted by molar-refractivity contribution is 6.06. The zero-order chi connectivity index (χ0) is 20.2. The van der Waals surface area contributed by atoms with Crippen LogP contribution in [-0.2, 0) is 18.3 Å². The molecule has 1 aliphatic heterocycles. The molecule has 1 fully saturated rings. The molecule has 0 saturated carbocycles. The van der Waals surface area contributed by atoms with E-state index in [4.69, 9.17) is 9.72 Å². The van der Waals surface area contributed by atoms with Crippen molar-refractivity contribution in [1.82, 2.24) is 25.0 Å². The van der Waals surface area contributed by atoms with Gasteiger partial charge in [0.15, 0.2) is 0 Å². The summed E-state index contributed by atoms with van der Waals surface area (Å²) in [4.78, 5) is 20.1. The van der Waals surface area contributed by atoms with E-state index in [9.17, 15) is 4.79 Å². The minimum absolute atomic E-state index is 0.0772. The molecule has 7 heteroatoms. The molecule has 0 spiro atoms. The zero-order valence-corrected chi connectivity index (χ0v) is 17.0. The number of aryl methyl sites for hydroxylation is 1. The average Bonchev–Trinajstić information content (AvgIpc) is 3.37. The van der Waals surface area contributed by atoms with Crippen molar-refractivity contribution in [2.24, 2.45) is 7.05 Å². The van der Waals surface area contributed by atoms with Crippen LogP contribution < -0.4 is 5.32 Å². The third kappa shape index (κ3) is 4.31. The number of ether oxygens (including phenoxy) is 1. The van der Waals surface area contributed by atoms with Crippen LogP contribution in [-0.4, -0.2) is 58.9 Å². The summed E-state index contributed by atoms with van der Waals surface area (Å²) in [5, 5.41) is 8.08. The van der Waals surface area contributed by atoms with Gasteiger partial charge in [-0.15, -0.1) is 0 Å². The average molecular weight is 393 g/mol. The predicted molar refractivity (Wildman–Crippen MR) is 112 cm³/mol. The van der Waals surface area contributed by atoms with Crippen LogP contribution in [0.25, 0.3) is 10.9 Å². The molecule has 7 nitrogen and oxygen atoms in total. The molecular formula is C22H27N5O2. The summed E-state index contributed by atoms with van der Waals surface area (Å²) >= 11 is 0. The molecule has 1 aromatic carbocycles. The molecule has 3 heterocycles. The van der Waals surface area contributed by atoms with Crippen molar-refractivity contribution in [3.8, 4) is 0 Å². The lowest BCUT2D eigenvalue weighted by Crippen LogP contribution is -2.27. The first-order valence-electron chi connectivity index (χ1n) is 10.0. The van der Waals surface area contributed by atoms with Crippen LogP contribution in [0.5, 0.6) is 0 Å². The molecule has 1 atom stereocenters. The molecule has 3 aromatic rings. The fourth-order valence-corrected chi connectivity index (χ4v) is 3.96. The van der Waals surface area contributed by atoms with Gasteiger partial charge in [0.05, 0.1) is 23.4 Å². The van der Waals surface area contributed by atoms with Crippen molar-refractivity contribution < 1.29 is 9.53 Å². The summed E-state index contributed by atoms with van der Waals surface area (Å²) < 4.78 is 6.97. The summed E-state index contributed by atoms with van der Waals surface area (Å²) in [6.45, 7) is 3.81. The van der Waals surface area contributed by atoms with Crippen molar-refractivity contribution in [1.29, 1.82) is 0 Å². The number of benzene rings is 1. The third-order valence-electron chi connectivity index (χ3n) is 5.57. The van der Waals surface area contributed by atoms with Crippen molar-refractivity contribution in [3.05, 3.63) is 59.5 Å². The second kappa shape index (κ2) is 8.71. The number of pyridine rings is 1. The number of amides is 1.